The highest BCUT2D eigenvalue weighted by atomic mass is 79.9. The van der Waals surface area contributed by atoms with Crippen molar-refractivity contribution in [3.05, 3.63) is 0 Å². The molecule has 70 valence electrons. The van der Waals surface area contributed by atoms with Gasteiger partial charge in [0.15, 0.2) is 5.79 Å². The van der Waals surface area contributed by atoms with Crippen molar-refractivity contribution in [3.63, 3.8) is 0 Å². The maximum absolute atomic E-state index is 5.79. The van der Waals surface area contributed by atoms with Crippen LogP contribution in [-0.2, 0) is 14.2 Å². The monoisotopic (exact) mass is 236 g/mol. The van der Waals surface area contributed by atoms with Gasteiger partial charge in [-0.1, -0.05) is 15.9 Å². The SMILES string of the molecule is BrCC1COC2(CCOCC2)O1. The number of halogens is 1. The molecule has 1 atom stereocenters. The van der Waals surface area contributed by atoms with Gasteiger partial charge in [0, 0.05) is 18.2 Å². The number of ether oxygens (including phenoxy) is 3. The number of rotatable bonds is 1. The Hall–Kier alpha value is 0.360. The van der Waals surface area contributed by atoms with Crippen molar-refractivity contribution in [1.29, 1.82) is 0 Å². The van der Waals surface area contributed by atoms with E-state index in [4.69, 9.17) is 14.2 Å². The maximum atomic E-state index is 5.79. The minimum absolute atomic E-state index is 0.225. The molecule has 1 spiro atoms. The third kappa shape index (κ3) is 1.66. The standard InChI is InChI=1S/C8H13BrO3/c9-5-7-6-11-8(12-7)1-3-10-4-2-8/h7H,1-6H2. The molecule has 0 aromatic carbocycles. The second kappa shape index (κ2) is 3.62. The zero-order valence-corrected chi connectivity index (χ0v) is 8.51. The Morgan fingerprint density at radius 1 is 1.33 bits per heavy atom. The molecule has 2 heterocycles. The Morgan fingerprint density at radius 2 is 2.08 bits per heavy atom. The lowest BCUT2D eigenvalue weighted by molar-refractivity contribution is -0.209. The van der Waals surface area contributed by atoms with Gasteiger partial charge in [0.2, 0.25) is 0 Å². The van der Waals surface area contributed by atoms with Gasteiger partial charge in [-0.3, -0.25) is 0 Å². The van der Waals surface area contributed by atoms with Gasteiger partial charge >= 0.3 is 0 Å². The van der Waals surface area contributed by atoms with Gasteiger partial charge in [-0.2, -0.15) is 0 Å². The van der Waals surface area contributed by atoms with E-state index in [0.717, 1.165) is 31.4 Å². The van der Waals surface area contributed by atoms with Crippen LogP contribution in [-0.4, -0.2) is 37.0 Å². The van der Waals surface area contributed by atoms with Crippen LogP contribution < -0.4 is 0 Å². The van der Waals surface area contributed by atoms with Crippen LogP contribution in [0.1, 0.15) is 12.8 Å². The summed E-state index contributed by atoms with van der Waals surface area (Å²) in [4.78, 5) is 0. The highest BCUT2D eigenvalue weighted by molar-refractivity contribution is 9.09. The van der Waals surface area contributed by atoms with E-state index < -0.39 is 0 Å². The highest BCUT2D eigenvalue weighted by Gasteiger charge is 2.42. The third-order valence-electron chi connectivity index (χ3n) is 2.34. The van der Waals surface area contributed by atoms with E-state index in [1.54, 1.807) is 0 Å². The van der Waals surface area contributed by atoms with Gasteiger partial charge in [-0.15, -0.1) is 0 Å². The molecule has 3 nitrogen and oxygen atoms in total. The molecule has 0 aromatic rings. The summed E-state index contributed by atoms with van der Waals surface area (Å²) in [5, 5.41) is 0.857. The third-order valence-corrected chi connectivity index (χ3v) is 3.06. The highest BCUT2D eigenvalue weighted by Crippen LogP contribution is 2.33. The van der Waals surface area contributed by atoms with E-state index >= 15 is 0 Å². The fourth-order valence-corrected chi connectivity index (χ4v) is 1.96. The van der Waals surface area contributed by atoms with Crippen LogP contribution in [0.5, 0.6) is 0 Å². The fourth-order valence-electron chi connectivity index (χ4n) is 1.64. The van der Waals surface area contributed by atoms with Gasteiger partial charge < -0.3 is 14.2 Å². The predicted molar refractivity (Wildman–Crippen MR) is 47.4 cm³/mol. The molecule has 0 aromatic heterocycles. The van der Waals surface area contributed by atoms with E-state index in [1.807, 2.05) is 0 Å². The van der Waals surface area contributed by atoms with Gasteiger partial charge in [0.1, 0.15) is 0 Å². The van der Waals surface area contributed by atoms with Crippen molar-refractivity contribution in [2.75, 3.05) is 25.2 Å². The normalized spacial score (nSPS) is 34.2. The summed E-state index contributed by atoms with van der Waals surface area (Å²) in [6.45, 7) is 2.23. The first-order chi connectivity index (χ1) is 5.85. The van der Waals surface area contributed by atoms with Crippen LogP contribution in [0, 0.1) is 0 Å². The van der Waals surface area contributed by atoms with Gasteiger partial charge in [0.25, 0.3) is 0 Å². The summed E-state index contributed by atoms with van der Waals surface area (Å²) < 4.78 is 16.7. The molecule has 12 heavy (non-hydrogen) atoms. The molecule has 2 aliphatic heterocycles. The number of alkyl halides is 1. The Morgan fingerprint density at radius 3 is 2.67 bits per heavy atom. The first kappa shape index (κ1) is 8.94. The zero-order chi connectivity index (χ0) is 8.44. The van der Waals surface area contributed by atoms with Gasteiger partial charge in [-0.05, 0) is 0 Å². The summed E-state index contributed by atoms with van der Waals surface area (Å²) >= 11 is 3.39. The molecule has 2 fully saturated rings. The van der Waals surface area contributed by atoms with Crippen LogP contribution in [0.2, 0.25) is 0 Å². The van der Waals surface area contributed by atoms with Crippen LogP contribution in [0.25, 0.3) is 0 Å². The molecule has 0 saturated carbocycles. The van der Waals surface area contributed by atoms with Gasteiger partial charge in [-0.25, -0.2) is 0 Å². The van der Waals surface area contributed by atoms with E-state index in [1.165, 1.54) is 0 Å². The molecule has 0 amide bonds. The molecular weight excluding hydrogens is 224 g/mol. The largest absolute Gasteiger partial charge is 0.381 e. The first-order valence-corrected chi connectivity index (χ1v) is 5.42. The summed E-state index contributed by atoms with van der Waals surface area (Å²) in [5.41, 5.74) is 0. The Kier molecular flexibility index (Phi) is 2.69. The van der Waals surface area contributed by atoms with E-state index in [2.05, 4.69) is 15.9 Å². The molecule has 0 N–H and O–H groups in total. The lowest BCUT2D eigenvalue weighted by Gasteiger charge is -2.31. The summed E-state index contributed by atoms with van der Waals surface area (Å²) in [6, 6.07) is 0. The van der Waals surface area contributed by atoms with Gasteiger partial charge in [0.05, 0.1) is 25.9 Å². The van der Waals surface area contributed by atoms with Crippen molar-refractivity contribution in [3.8, 4) is 0 Å². The minimum atomic E-state index is -0.309. The van der Waals surface area contributed by atoms with E-state index in [-0.39, 0.29) is 11.9 Å². The molecule has 4 heteroatoms. The van der Waals surface area contributed by atoms with Crippen LogP contribution >= 0.6 is 15.9 Å². The topological polar surface area (TPSA) is 27.7 Å². The second-order valence-corrected chi connectivity index (χ2v) is 3.88. The Balaban J connectivity index is 1.94. The number of hydrogen-bond donors (Lipinski definition) is 0. The van der Waals surface area contributed by atoms with Crippen LogP contribution in [0.15, 0.2) is 0 Å². The summed E-state index contributed by atoms with van der Waals surface area (Å²) in [7, 11) is 0. The van der Waals surface area contributed by atoms with Crippen molar-refractivity contribution < 1.29 is 14.2 Å². The molecular formula is C8H13BrO3. The van der Waals surface area contributed by atoms with Crippen molar-refractivity contribution in [2.45, 2.75) is 24.7 Å². The molecule has 2 rings (SSSR count). The molecule has 0 aliphatic carbocycles. The molecule has 0 bridgehead atoms. The quantitative estimate of drug-likeness (QED) is 0.643. The summed E-state index contributed by atoms with van der Waals surface area (Å²) in [5.74, 6) is -0.309. The zero-order valence-electron chi connectivity index (χ0n) is 6.92. The van der Waals surface area contributed by atoms with Crippen molar-refractivity contribution >= 4 is 15.9 Å². The lowest BCUT2D eigenvalue weighted by atomic mass is 10.1. The summed E-state index contributed by atoms with van der Waals surface area (Å²) in [6.07, 6.45) is 1.97. The Bertz CT molecular complexity index is 156. The molecule has 0 radical (unpaired) electrons. The van der Waals surface area contributed by atoms with Crippen LogP contribution in [0.3, 0.4) is 0 Å². The average Bonchev–Trinajstić information content (AvgIpc) is 2.50. The van der Waals surface area contributed by atoms with Crippen molar-refractivity contribution in [2.24, 2.45) is 0 Å². The van der Waals surface area contributed by atoms with E-state index in [0.29, 0.717) is 6.61 Å². The average molecular weight is 237 g/mol. The van der Waals surface area contributed by atoms with E-state index in [9.17, 15) is 0 Å². The number of hydrogen-bond acceptors (Lipinski definition) is 3. The maximum Gasteiger partial charge on any atom is 0.173 e. The molecule has 2 saturated heterocycles. The minimum Gasteiger partial charge on any atom is -0.381 e. The molecule has 1 unspecified atom stereocenters. The smallest absolute Gasteiger partial charge is 0.173 e. The molecule has 2 aliphatic rings. The van der Waals surface area contributed by atoms with Crippen LogP contribution in [0.4, 0.5) is 0 Å². The lowest BCUT2D eigenvalue weighted by Crippen LogP contribution is -2.37. The second-order valence-electron chi connectivity index (χ2n) is 3.23. The first-order valence-electron chi connectivity index (χ1n) is 4.30. The fraction of sp³-hybridized carbons (Fsp3) is 1.00. The predicted octanol–water partition coefficient (Wildman–Crippen LogP) is 1.30. The van der Waals surface area contributed by atoms with Crippen molar-refractivity contribution in [1.82, 2.24) is 0 Å². The Labute approximate surface area is 80.5 Å².